The van der Waals surface area contributed by atoms with Crippen LogP contribution < -0.4 is 0 Å². The van der Waals surface area contributed by atoms with Crippen molar-refractivity contribution in [1.82, 2.24) is 0 Å². The maximum absolute atomic E-state index is 10.9. The summed E-state index contributed by atoms with van der Waals surface area (Å²) in [4.78, 5) is 31.6. The summed E-state index contributed by atoms with van der Waals surface area (Å²) in [6.07, 6.45) is -0.983. The number of carboxylic acid groups (broad SMARTS) is 2. The number of carboxylic acids is 2. The molecule has 0 aliphatic rings. The molecule has 0 amide bonds. The molecule has 2 N–H and O–H groups in total. The fourth-order valence-corrected chi connectivity index (χ4v) is 0.879. The first kappa shape index (κ1) is 12.4. The van der Waals surface area contributed by atoms with E-state index in [4.69, 9.17) is 10.2 Å². The van der Waals surface area contributed by atoms with Crippen LogP contribution in [0.4, 0.5) is 0 Å². The monoisotopic (exact) mass is 204 g/mol. The molecule has 0 rings (SSSR count). The molecular weight excluding hydrogens is 192 g/mol. The lowest BCUT2D eigenvalue weighted by Gasteiger charge is -2.08. The molecule has 0 aromatic heterocycles. The van der Waals surface area contributed by atoms with Crippen LogP contribution in [0.2, 0.25) is 0 Å². The first-order valence-electron chi connectivity index (χ1n) is 4.07. The van der Waals surface area contributed by atoms with Gasteiger partial charge < -0.3 is 14.9 Å². The minimum Gasteiger partial charge on any atom is -0.481 e. The van der Waals surface area contributed by atoms with Gasteiger partial charge in [-0.3, -0.25) is 14.4 Å². The summed E-state index contributed by atoms with van der Waals surface area (Å²) >= 11 is 0. The van der Waals surface area contributed by atoms with E-state index >= 15 is 0 Å². The molecule has 0 aliphatic carbocycles. The summed E-state index contributed by atoms with van der Waals surface area (Å²) in [5.41, 5.74) is 0. The van der Waals surface area contributed by atoms with E-state index in [1.54, 1.807) is 6.92 Å². The van der Waals surface area contributed by atoms with Crippen molar-refractivity contribution in [3.63, 3.8) is 0 Å². The Morgan fingerprint density at radius 3 is 2.14 bits per heavy atom. The topological polar surface area (TPSA) is 101 Å². The van der Waals surface area contributed by atoms with E-state index in [9.17, 15) is 14.4 Å². The summed E-state index contributed by atoms with van der Waals surface area (Å²) in [5, 5.41) is 16.9. The third-order valence-corrected chi connectivity index (χ3v) is 1.49. The predicted octanol–water partition coefficient (Wildman–Crippen LogP) is 0.115. The zero-order valence-electron chi connectivity index (χ0n) is 7.73. The van der Waals surface area contributed by atoms with E-state index in [2.05, 4.69) is 4.74 Å². The van der Waals surface area contributed by atoms with Crippen LogP contribution in [0, 0.1) is 5.92 Å². The molecular formula is C8H12O6. The van der Waals surface area contributed by atoms with Crippen LogP contribution in [-0.4, -0.2) is 34.7 Å². The molecule has 6 nitrogen and oxygen atoms in total. The van der Waals surface area contributed by atoms with Gasteiger partial charge in [0.05, 0.1) is 25.4 Å². The van der Waals surface area contributed by atoms with Crippen molar-refractivity contribution in [3.8, 4) is 0 Å². The van der Waals surface area contributed by atoms with Crippen LogP contribution in [0.25, 0.3) is 0 Å². The van der Waals surface area contributed by atoms with Gasteiger partial charge in [-0.25, -0.2) is 0 Å². The average molecular weight is 204 g/mol. The van der Waals surface area contributed by atoms with Gasteiger partial charge in [0, 0.05) is 0 Å². The number of carbonyl (C=O) groups is 3. The van der Waals surface area contributed by atoms with E-state index in [0.717, 1.165) is 0 Å². The van der Waals surface area contributed by atoms with E-state index in [-0.39, 0.29) is 6.61 Å². The molecule has 0 aromatic carbocycles. The van der Waals surface area contributed by atoms with E-state index < -0.39 is 36.7 Å². The molecule has 0 bridgehead atoms. The van der Waals surface area contributed by atoms with Crippen LogP contribution in [0.3, 0.4) is 0 Å². The smallest absolute Gasteiger partial charge is 0.307 e. The van der Waals surface area contributed by atoms with Gasteiger partial charge in [-0.15, -0.1) is 0 Å². The maximum atomic E-state index is 10.9. The third-order valence-electron chi connectivity index (χ3n) is 1.49. The lowest BCUT2D eigenvalue weighted by Crippen LogP contribution is -2.22. The average Bonchev–Trinajstić information content (AvgIpc) is 2.02. The molecule has 14 heavy (non-hydrogen) atoms. The molecule has 0 saturated heterocycles. The highest BCUT2D eigenvalue weighted by molar-refractivity contribution is 5.82. The molecule has 0 spiro atoms. The molecule has 1 atom stereocenters. The van der Waals surface area contributed by atoms with Crippen LogP contribution >= 0.6 is 0 Å². The van der Waals surface area contributed by atoms with E-state index in [1.807, 2.05) is 0 Å². The molecule has 0 heterocycles. The highest BCUT2D eigenvalue weighted by Gasteiger charge is 2.24. The molecule has 6 heteroatoms. The van der Waals surface area contributed by atoms with Crippen LogP contribution in [-0.2, 0) is 19.1 Å². The molecule has 0 aliphatic heterocycles. The molecule has 0 fully saturated rings. The summed E-state index contributed by atoms with van der Waals surface area (Å²) < 4.78 is 4.51. The fraction of sp³-hybridized carbons (Fsp3) is 0.625. The van der Waals surface area contributed by atoms with Gasteiger partial charge in [-0.1, -0.05) is 0 Å². The Balaban J connectivity index is 4.16. The van der Waals surface area contributed by atoms with Crippen LogP contribution in [0.1, 0.15) is 19.8 Å². The number of hydrogen-bond acceptors (Lipinski definition) is 4. The van der Waals surface area contributed by atoms with Gasteiger partial charge in [0.25, 0.3) is 0 Å². The van der Waals surface area contributed by atoms with Gasteiger partial charge in [0.2, 0.25) is 0 Å². The van der Waals surface area contributed by atoms with Crippen molar-refractivity contribution in [2.24, 2.45) is 5.92 Å². The van der Waals surface area contributed by atoms with Crippen molar-refractivity contribution in [2.75, 3.05) is 6.61 Å². The highest BCUT2D eigenvalue weighted by atomic mass is 16.5. The van der Waals surface area contributed by atoms with E-state index in [0.29, 0.717) is 0 Å². The second-order valence-electron chi connectivity index (χ2n) is 2.64. The zero-order valence-corrected chi connectivity index (χ0v) is 7.73. The second-order valence-corrected chi connectivity index (χ2v) is 2.64. The fourth-order valence-electron chi connectivity index (χ4n) is 0.879. The number of aliphatic carboxylic acids is 2. The minimum absolute atomic E-state index is 0.151. The van der Waals surface area contributed by atoms with Crippen LogP contribution in [0.5, 0.6) is 0 Å². The van der Waals surface area contributed by atoms with Crippen molar-refractivity contribution >= 4 is 17.9 Å². The second kappa shape index (κ2) is 5.95. The van der Waals surface area contributed by atoms with Crippen LogP contribution in [0.15, 0.2) is 0 Å². The van der Waals surface area contributed by atoms with Gasteiger partial charge in [-0.05, 0) is 6.92 Å². The normalized spacial score (nSPS) is 11.8. The summed E-state index contributed by atoms with van der Waals surface area (Å²) in [6.45, 7) is 1.74. The number of ether oxygens (including phenoxy) is 1. The first-order chi connectivity index (χ1) is 6.47. The van der Waals surface area contributed by atoms with Gasteiger partial charge >= 0.3 is 17.9 Å². The SMILES string of the molecule is CCOC(=O)CC(CC(=O)O)C(=O)O. The minimum atomic E-state index is -1.31. The molecule has 0 radical (unpaired) electrons. The Bertz CT molecular complexity index is 234. The van der Waals surface area contributed by atoms with Crippen molar-refractivity contribution < 1.29 is 29.3 Å². The Labute approximate surface area is 80.5 Å². The van der Waals surface area contributed by atoms with Gasteiger partial charge in [-0.2, -0.15) is 0 Å². The Kier molecular flexibility index (Phi) is 5.28. The third kappa shape index (κ3) is 5.13. The standard InChI is InChI=1S/C8H12O6/c1-2-14-7(11)4-5(8(12)13)3-6(9)10/h5H,2-4H2,1H3,(H,9,10)(H,12,13). The van der Waals surface area contributed by atoms with Crippen molar-refractivity contribution in [1.29, 1.82) is 0 Å². The number of rotatable bonds is 6. The quantitative estimate of drug-likeness (QED) is 0.595. The maximum Gasteiger partial charge on any atom is 0.307 e. The Morgan fingerprint density at radius 2 is 1.79 bits per heavy atom. The Morgan fingerprint density at radius 1 is 1.21 bits per heavy atom. The lowest BCUT2D eigenvalue weighted by atomic mass is 10.0. The summed E-state index contributed by atoms with van der Waals surface area (Å²) in [6, 6.07) is 0. The summed E-state index contributed by atoms with van der Waals surface area (Å²) in [5.74, 6) is -4.46. The first-order valence-corrected chi connectivity index (χ1v) is 4.07. The van der Waals surface area contributed by atoms with Crippen molar-refractivity contribution in [3.05, 3.63) is 0 Å². The molecule has 0 aromatic rings. The highest BCUT2D eigenvalue weighted by Crippen LogP contribution is 2.10. The van der Waals surface area contributed by atoms with Crippen molar-refractivity contribution in [2.45, 2.75) is 19.8 Å². The molecule has 80 valence electrons. The predicted molar refractivity (Wildman–Crippen MR) is 44.6 cm³/mol. The Hall–Kier alpha value is -1.59. The number of esters is 1. The van der Waals surface area contributed by atoms with Gasteiger partial charge in [0.1, 0.15) is 0 Å². The number of carbonyl (C=O) groups excluding carboxylic acids is 1. The zero-order chi connectivity index (χ0) is 11.1. The molecule has 1 unspecified atom stereocenters. The van der Waals surface area contributed by atoms with Gasteiger partial charge in [0.15, 0.2) is 0 Å². The molecule has 0 saturated carbocycles. The van der Waals surface area contributed by atoms with E-state index in [1.165, 1.54) is 0 Å². The lowest BCUT2D eigenvalue weighted by molar-refractivity contribution is -0.154. The largest absolute Gasteiger partial charge is 0.481 e. The summed E-state index contributed by atoms with van der Waals surface area (Å²) in [7, 11) is 0. The number of hydrogen-bond donors (Lipinski definition) is 2.